The summed E-state index contributed by atoms with van der Waals surface area (Å²) in [6, 6.07) is 28.5. The van der Waals surface area contributed by atoms with Crippen LogP contribution in [0.5, 0.6) is 11.5 Å². The molecule has 36 heteroatoms. The number of nitro benzene ring substituents is 2. The quantitative estimate of drug-likeness (QED) is 0.00608. The molecule has 4 heterocycles. The summed E-state index contributed by atoms with van der Waals surface area (Å²) in [5.74, 6) is -2.40. The van der Waals surface area contributed by atoms with E-state index in [0.29, 0.717) is 116 Å². The normalized spacial score (nSPS) is 12.2. The number of aromatic carboxylic acids is 2. The standard InChI is InChI=1S/C32H44N4O4.C16H23BrO5.C10H10BrNO4.C10H12BrNO2.C10H11BrO3.C9H8BrNO4.C9H10O2/c1-5-25-28(36(6-2)23-10-14-39-15-11-23)18-29-26(17-24(40-29)20-35-12-8-7-9-13-35)30(25)32(38)33-19-27-21(3)16-22(4)34-31(27)37;1-5-12-13(16(18)19-4)8-11(9-14(12)17)22-10-15(20-6-2)21-7-3;1-3-7-8(10(13)16-2)4-6(12(14)15)5-9(7)11;2*1-3-7-8(10(13)14-2)4-6(12)5-9(7)11;1-2-6-7(9(12)13)3-5(11(14)15)4-8(6)10;1-2-7-5-3-4-6-8(7)9(10)11/h16-18,23H,5-15,19-20H2,1-4H3,(H,33,38)(H,34,37);8-9,15H,5-7,10H2,1-4H3;4-5H,3H2,1-2H3;4-5H,3,12H2,1-2H3;4-5,12H,3H2,1-2H3;3-4H,2H2,1H3,(H,12,13);3-6H,2H2,1H3,(H,10,11). The number of furan rings is 1. The molecule has 2 fully saturated rings. The average molecular weight is 2150 g/mol. The number of aromatic nitrogens is 1. The van der Waals surface area contributed by atoms with Crippen LogP contribution in [0.1, 0.15) is 235 Å². The number of rotatable bonds is 30. The zero-order chi connectivity index (χ0) is 98.3. The molecule has 2 saturated heterocycles. The second-order valence-electron chi connectivity index (χ2n) is 29.7. The number of carboxylic acid groups (broad SMARTS) is 2. The summed E-state index contributed by atoms with van der Waals surface area (Å²) in [6.07, 6.45) is 9.94. The number of halogens is 5. The van der Waals surface area contributed by atoms with Crippen molar-refractivity contribution >= 4 is 155 Å². The van der Waals surface area contributed by atoms with E-state index in [9.17, 15) is 63.7 Å². The number of amides is 1. The molecule has 0 spiro atoms. The number of carbonyl (C=O) groups is 7. The van der Waals surface area contributed by atoms with Gasteiger partial charge in [0.15, 0.2) is 6.29 Å². The number of piperidine rings is 1. The minimum Gasteiger partial charge on any atom is -0.508 e. The Hall–Kier alpha value is -10.4. The van der Waals surface area contributed by atoms with E-state index in [1.807, 2.05) is 86.6 Å². The number of aryl methyl sites for hydroxylation is 3. The summed E-state index contributed by atoms with van der Waals surface area (Å²) in [7, 11) is 5.29. The summed E-state index contributed by atoms with van der Waals surface area (Å²) in [5.41, 5.74) is 18.3. The Balaban J connectivity index is 0.000000288. The third-order valence-corrected chi connectivity index (χ3v) is 24.8. The van der Waals surface area contributed by atoms with E-state index < -0.39 is 40.0 Å². The number of nitrogen functional groups attached to an aromatic ring is 1. The van der Waals surface area contributed by atoms with Gasteiger partial charge in [0, 0.05) is 126 Å². The molecule has 0 radical (unpaired) electrons. The van der Waals surface area contributed by atoms with Crippen molar-refractivity contribution in [3.05, 3.63) is 257 Å². The van der Waals surface area contributed by atoms with Gasteiger partial charge in [0.25, 0.3) is 22.8 Å². The predicted octanol–water partition coefficient (Wildman–Crippen LogP) is 21.0. The van der Waals surface area contributed by atoms with Gasteiger partial charge in [0.05, 0.1) is 83.8 Å². The first-order valence-corrected chi connectivity index (χ1v) is 47.1. The zero-order valence-electron chi connectivity index (χ0n) is 77.2. The van der Waals surface area contributed by atoms with Gasteiger partial charge in [-0.1, -0.05) is 153 Å². The highest BCUT2D eigenvalue weighted by molar-refractivity contribution is 9.11. The number of carbonyl (C=O) groups excluding carboxylic acids is 5. The SMILES string of the molecule is CCOC(COc1cc(Br)c(CC)c(C(=O)OC)c1)OCC.CCc1c(Br)cc(N)cc1C(=O)OC.CCc1c(Br)cc(O)cc1C(=O)OC.CCc1c(Br)cc([N+](=O)[O-])cc1C(=O)O.CCc1c(Br)cc([N+](=O)[O-])cc1C(=O)OC.CCc1c(N(CC)C2CCOCC2)cc2oc(CN3CCCCC3)cc2c1C(=O)NCc1c(C)cc(C)[nH]c1=O.CCc1ccccc1C(=O)O. The van der Waals surface area contributed by atoms with Crippen LogP contribution in [0.4, 0.5) is 22.7 Å². The highest BCUT2D eigenvalue weighted by atomic mass is 79.9. The Kier molecular flexibility index (Phi) is 48.0. The Bertz CT molecular complexity index is 5460. The van der Waals surface area contributed by atoms with E-state index in [1.165, 1.54) is 72.0 Å². The first-order chi connectivity index (χ1) is 62.9. The van der Waals surface area contributed by atoms with Crippen LogP contribution in [0, 0.1) is 34.1 Å². The van der Waals surface area contributed by atoms with Gasteiger partial charge in [-0.3, -0.25) is 34.7 Å². The fourth-order valence-corrected chi connectivity index (χ4v) is 18.5. The lowest BCUT2D eigenvalue weighted by molar-refractivity contribution is -0.385. The van der Waals surface area contributed by atoms with Crippen molar-refractivity contribution in [2.75, 3.05) is 91.7 Å². The number of esters is 4. The van der Waals surface area contributed by atoms with Crippen molar-refractivity contribution < 1.29 is 101 Å². The Labute approximate surface area is 810 Å². The molecule has 1 amide bonds. The van der Waals surface area contributed by atoms with Gasteiger partial charge in [0.2, 0.25) is 0 Å². The van der Waals surface area contributed by atoms with Crippen LogP contribution in [0.15, 0.2) is 135 Å². The second kappa shape index (κ2) is 56.6. The molecular weight excluding hydrogens is 2030 g/mol. The van der Waals surface area contributed by atoms with Gasteiger partial charge in [-0.2, -0.15) is 0 Å². The summed E-state index contributed by atoms with van der Waals surface area (Å²) in [6.45, 7) is 30.1. The number of benzene rings is 7. The maximum atomic E-state index is 14.0. The smallest absolute Gasteiger partial charge is 0.338 e. The number of aromatic hydroxyl groups is 1. The van der Waals surface area contributed by atoms with E-state index in [2.05, 4.69) is 140 Å². The number of hydrogen-bond acceptors (Lipinski definition) is 25. The molecular formula is C96H118Br5N7O24. The van der Waals surface area contributed by atoms with Gasteiger partial charge in [-0.25, -0.2) is 28.8 Å². The maximum absolute atomic E-state index is 14.0. The predicted molar refractivity (Wildman–Crippen MR) is 524 cm³/mol. The van der Waals surface area contributed by atoms with Crippen LogP contribution >= 0.6 is 79.6 Å². The molecule has 0 atom stereocenters. The number of fused-ring (bicyclic) bond motifs is 1. The number of non-ortho nitro benzene ring substituents is 2. The lowest BCUT2D eigenvalue weighted by Crippen LogP contribution is -2.40. The number of phenolic OH excluding ortho intramolecular Hbond substituents is 1. The number of likely N-dealkylation sites (tertiary alicyclic amines) is 1. The number of nitrogens with one attached hydrogen (secondary N) is 2. The highest BCUT2D eigenvalue weighted by Gasteiger charge is 2.30. The number of nitro groups is 2. The van der Waals surface area contributed by atoms with Crippen LogP contribution in [-0.4, -0.2) is 170 Å². The van der Waals surface area contributed by atoms with Gasteiger partial charge in [-0.05, 0) is 217 Å². The number of aromatic amines is 1. The molecule has 2 aliphatic rings. The van der Waals surface area contributed by atoms with E-state index in [-0.39, 0.29) is 64.8 Å². The molecule has 2 aliphatic heterocycles. The third-order valence-electron chi connectivity index (χ3n) is 21.3. The minimum absolute atomic E-state index is 0.0291. The first kappa shape index (κ1) is 112. The molecule has 7 N–H and O–H groups in total. The van der Waals surface area contributed by atoms with Gasteiger partial charge in [-0.15, -0.1) is 0 Å². The number of anilines is 2. The fraction of sp³-hybridized carbons (Fsp3) is 0.417. The molecule has 0 bridgehead atoms. The second-order valence-corrected chi connectivity index (χ2v) is 33.9. The summed E-state index contributed by atoms with van der Waals surface area (Å²) in [4.78, 5) is 122. The van der Waals surface area contributed by atoms with Gasteiger partial charge in [0.1, 0.15) is 29.4 Å². The molecule has 0 unspecified atom stereocenters. The highest BCUT2D eigenvalue weighted by Crippen LogP contribution is 2.39. The number of hydrogen-bond donors (Lipinski definition) is 6. The maximum Gasteiger partial charge on any atom is 0.338 e. The Morgan fingerprint density at radius 1 is 0.568 bits per heavy atom. The monoisotopic (exact) mass is 2150 g/mol. The Morgan fingerprint density at radius 3 is 1.49 bits per heavy atom. The first-order valence-electron chi connectivity index (χ1n) is 43.1. The molecule has 716 valence electrons. The number of nitrogens with two attached hydrogens (primary N) is 1. The average Bonchev–Trinajstić information content (AvgIpc) is 1.53. The van der Waals surface area contributed by atoms with Crippen LogP contribution < -0.4 is 26.2 Å². The van der Waals surface area contributed by atoms with Crippen molar-refractivity contribution in [2.24, 2.45) is 0 Å². The molecule has 11 rings (SSSR count). The number of ether oxygens (including phenoxy) is 8. The molecule has 132 heavy (non-hydrogen) atoms. The fourth-order valence-electron chi connectivity index (χ4n) is 14.8. The molecule has 0 saturated carbocycles. The lowest BCUT2D eigenvalue weighted by Gasteiger charge is -2.37. The largest absolute Gasteiger partial charge is 0.508 e. The summed E-state index contributed by atoms with van der Waals surface area (Å²) < 4.78 is 50.8. The topological polar surface area (TPSA) is 431 Å². The summed E-state index contributed by atoms with van der Waals surface area (Å²) >= 11 is 16.5. The molecule has 2 aromatic heterocycles. The Morgan fingerprint density at radius 2 is 1.03 bits per heavy atom. The van der Waals surface area contributed by atoms with Crippen molar-refractivity contribution in [3.8, 4) is 11.5 Å². The van der Waals surface area contributed by atoms with E-state index in [0.717, 1.165) is 146 Å². The van der Waals surface area contributed by atoms with Crippen molar-refractivity contribution in [1.82, 2.24) is 15.2 Å². The van der Waals surface area contributed by atoms with E-state index >= 15 is 0 Å². The minimum atomic E-state index is -1.16. The van der Waals surface area contributed by atoms with Gasteiger partial charge < -0.3 is 78.6 Å². The molecule has 9 aromatic rings. The van der Waals surface area contributed by atoms with E-state index in [1.54, 1.807) is 43.3 Å². The third kappa shape index (κ3) is 32.2. The van der Waals surface area contributed by atoms with Gasteiger partial charge >= 0.3 is 35.8 Å². The van der Waals surface area contributed by atoms with Crippen molar-refractivity contribution in [1.29, 1.82) is 0 Å². The lowest BCUT2D eigenvalue weighted by atomic mass is 9.95. The number of carboxylic acids is 2. The zero-order valence-corrected chi connectivity index (χ0v) is 85.1. The number of H-pyrrole nitrogens is 1. The number of methoxy groups -OCH3 is 4. The number of nitrogens with zero attached hydrogens (tertiary/aromatic N) is 4. The van der Waals surface area contributed by atoms with Crippen LogP contribution in [0.25, 0.3) is 11.0 Å². The van der Waals surface area contributed by atoms with Crippen LogP contribution in [0.3, 0.4) is 0 Å². The number of phenols is 1. The van der Waals surface area contributed by atoms with Crippen LogP contribution in [0.2, 0.25) is 0 Å². The molecule has 0 aliphatic carbocycles. The van der Waals surface area contributed by atoms with Crippen molar-refractivity contribution in [3.63, 3.8) is 0 Å². The summed E-state index contributed by atoms with van der Waals surface area (Å²) in [5, 5.41) is 52.0. The van der Waals surface area contributed by atoms with Crippen molar-refractivity contribution in [2.45, 2.75) is 186 Å². The molecule has 31 nitrogen and oxygen atoms in total. The van der Waals surface area contributed by atoms with E-state index in [4.69, 9.17) is 44.0 Å². The van der Waals surface area contributed by atoms with Crippen LogP contribution in [-0.2, 0) is 91.2 Å². The number of pyridine rings is 1. The molecule has 7 aromatic carbocycles.